The third-order valence-electron chi connectivity index (χ3n) is 1.81. The molecular weight excluding hydrogens is 236 g/mol. The van der Waals surface area contributed by atoms with Crippen LogP contribution in [0.1, 0.15) is 6.92 Å². The van der Waals surface area contributed by atoms with Crippen molar-refractivity contribution in [1.82, 2.24) is 5.01 Å². The van der Waals surface area contributed by atoms with Gasteiger partial charge in [0.25, 0.3) is 6.47 Å². The van der Waals surface area contributed by atoms with Crippen molar-refractivity contribution in [2.75, 3.05) is 19.1 Å². The number of ether oxygens (including phenoxy) is 1. The molecule has 7 nitrogen and oxygen atoms in total. The molecule has 0 saturated heterocycles. The number of hydrogen-bond donors (Lipinski definition) is 1. The van der Waals surface area contributed by atoms with E-state index in [9.17, 15) is 9.59 Å². The summed E-state index contributed by atoms with van der Waals surface area (Å²) in [7, 11) is 1.62. The Morgan fingerprint density at radius 2 is 2.33 bits per heavy atom. The van der Waals surface area contributed by atoms with Gasteiger partial charge in [0.15, 0.2) is 6.73 Å². The molecule has 0 aliphatic carbocycles. The topological polar surface area (TPSA) is 83.4 Å². The standard InChI is InChI=1S/C11H14N4O3/c1-9(17)12-10-4-3-5-11(6-10)13-14-15(2)7-18-8-16/h3-6,8H,7H2,1-2H3,(H,12,17)/b14-13+. The summed E-state index contributed by atoms with van der Waals surface area (Å²) in [6.45, 7) is 1.79. The zero-order valence-electron chi connectivity index (χ0n) is 10.2. The number of anilines is 1. The molecule has 1 amide bonds. The van der Waals surface area contributed by atoms with E-state index in [0.29, 0.717) is 17.8 Å². The number of nitrogens with zero attached hydrogens (tertiary/aromatic N) is 3. The monoisotopic (exact) mass is 250 g/mol. The van der Waals surface area contributed by atoms with E-state index in [1.807, 2.05) is 0 Å². The first-order chi connectivity index (χ1) is 8.61. The van der Waals surface area contributed by atoms with E-state index in [-0.39, 0.29) is 12.6 Å². The van der Waals surface area contributed by atoms with Crippen molar-refractivity contribution in [1.29, 1.82) is 0 Å². The Hall–Kier alpha value is -2.44. The number of carbonyl (C=O) groups excluding carboxylic acids is 2. The quantitative estimate of drug-likeness (QED) is 0.360. The Balaban J connectivity index is 2.63. The summed E-state index contributed by atoms with van der Waals surface area (Å²) in [5.41, 5.74) is 1.23. The second kappa shape index (κ2) is 7.00. The van der Waals surface area contributed by atoms with Crippen molar-refractivity contribution in [3.05, 3.63) is 24.3 Å². The summed E-state index contributed by atoms with van der Waals surface area (Å²) in [6, 6.07) is 6.92. The molecule has 0 spiro atoms. The van der Waals surface area contributed by atoms with Crippen molar-refractivity contribution in [2.45, 2.75) is 6.92 Å². The minimum absolute atomic E-state index is 0.0262. The number of hydrogen-bond acceptors (Lipinski definition) is 5. The largest absolute Gasteiger partial charge is 0.445 e. The van der Waals surface area contributed by atoms with Crippen LogP contribution in [0.4, 0.5) is 11.4 Å². The van der Waals surface area contributed by atoms with Crippen LogP contribution in [0.15, 0.2) is 34.6 Å². The molecule has 1 N–H and O–H groups in total. The molecule has 96 valence electrons. The van der Waals surface area contributed by atoms with Gasteiger partial charge in [0, 0.05) is 19.7 Å². The van der Waals surface area contributed by atoms with E-state index in [0.717, 1.165) is 0 Å². The second-order valence-electron chi connectivity index (χ2n) is 3.47. The summed E-state index contributed by atoms with van der Waals surface area (Å²) in [6.07, 6.45) is 0. The molecule has 0 bridgehead atoms. The van der Waals surface area contributed by atoms with Gasteiger partial charge in [-0.25, -0.2) is 5.01 Å². The van der Waals surface area contributed by atoms with E-state index in [1.54, 1.807) is 31.3 Å². The van der Waals surface area contributed by atoms with E-state index in [1.165, 1.54) is 11.9 Å². The lowest BCUT2D eigenvalue weighted by Crippen LogP contribution is -2.13. The normalized spacial score (nSPS) is 10.1. The summed E-state index contributed by atoms with van der Waals surface area (Å²) < 4.78 is 4.49. The molecule has 0 atom stereocenters. The Bertz CT molecular complexity index is 448. The van der Waals surface area contributed by atoms with Crippen LogP contribution in [-0.4, -0.2) is 31.2 Å². The lowest BCUT2D eigenvalue weighted by Gasteiger charge is -2.08. The number of nitrogens with one attached hydrogen (secondary N) is 1. The SMILES string of the molecule is CC(=O)Nc1cccc(/N=N/N(C)COC=O)c1. The average molecular weight is 250 g/mol. The molecule has 1 aromatic carbocycles. The van der Waals surface area contributed by atoms with E-state index < -0.39 is 0 Å². The number of benzene rings is 1. The summed E-state index contributed by atoms with van der Waals surface area (Å²) >= 11 is 0. The number of carbonyl (C=O) groups is 2. The third-order valence-corrected chi connectivity index (χ3v) is 1.81. The fraction of sp³-hybridized carbons (Fsp3) is 0.273. The molecule has 0 radical (unpaired) electrons. The van der Waals surface area contributed by atoms with Crippen LogP contribution in [0.2, 0.25) is 0 Å². The Labute approximate surface area is 104 Å². The van der Waals surface area contributed by atoms with Crippen molar-refractivity contribution >= 4 is 23.8 Å². The van der Waals surface area contributed by atoms with Gasteiger partial charge in [-0.2, -0.15) is 0 Å². The summed E-state index contributed by atoms with van der Waals surface area (Å²) in [4.78, 5) is 20.9. The van der Waals surface area contributed by atoms with E-state index in [2.05, 4.69) is 20.4 Å². The first-order valence-electron chi connectivity index (χ1n) is 5.17. The predicted molar refractivity (Wildman–Crippen MR) is 65.0 cm³/mol. The first kappa shape index (κ1) is 13.6. The highest BCUT2D eigenvalue weighted by Gasteiger charge is 1.97. The van der Waals surface area contributed by atoms with Crippen LogP contribution < -0.4 is 5.32 Å². The van der Waals surface area contributed by atoms with E-state index >= 15 is 0 Å². The van der Waals surface area contributed by atoms with Crippen LogP contribution in [0.3, 0.4) is 0 Å². The van der Waals surface area contributed by atoms with Crippen LogP contribution in [0, 0.1) is 0 Å². The van der Waals surface area contributed by atoms with Gasteiger partial charge in [-0.3, -0.25) is 9.59 Å². The lowest BCUT2D eigenvalue weighted by atomic mass is 10.3. The summed E-state index contributed by atoms with van der Waals surface area (Å²) in [5, 5.41) is 11.7. The average Bonchev–Trinajstić information content (AvgIpc) is 2.33. The Morgan fingerprint density at radius 1 is 1.56 bits per heavy atom. The predicted octanol–water partition coefficient (Wildman–Crippen LogP) is 1.71. The minimum Gasteiger partial charge on any atom is -0.445 e. The molecule has 7 heteroatoms. The maximum atomic E-state index is 10.9. The van der Waals surface area contributed by atoms with Gasteiger partial charge in [-0.05, 0) is 18.2 Å². The molecule has 1 rings (SSSR count). The van der Waals surface area contributed by atoms with Gasteiger partial charge in [0.05, 0.1) is 5.69 Å². The maximum Gasteiger partial charge on any atom is 0.294 e. The molecule has 0 saturated carbocycles. The molecule has 0 unspecified atom stereocenters. The fourth-order valence-electron chi connectivity index (χ4n) is 1.14. The molecule has 0 fully saturated rings. The molecule has 18 heavy (non-hydrogen) atoms. The molecule has 0 aliphatic heterocycles. The van der Waals surface area contributed by atoms with Crippen molar-refractivity contribution in [3.8, 4) is 0 Å². The number of rotatable bonds is 6. The second-order valence-corrected chi connectivity index (χ2v) is 3.47. The van der Waals surface area contributed by atoms with Gasteiger partial charge < -0.3 is 10.1 Å². The van der Waals surface area contributed by atoms with Gasteiger partial charge in [-0.1, -0.05) is 11.3 Å². The van der Waals surface area contributed by atoms with Crippen molar-refractivity contribution in [3.63, 3.8) is 0 Å². The van der Waals surface area contributed by atoms with Gasteiger partial charge in [0.2, 0.25) is 5.91 Å². The van der Waals surface area contributed by atoms with Crippen LogP contribution in [0.25, 0.3) is 0 Å². The van der Waals surface area contributed by atoms with Gasteiger partial charge >= 0.3 is 0 Å². The highest BCUT2D eigenvalue weighted by molar-refractivity contribution is 5.89. The van der Waals surface area contributed by atoms with Crippen molar-refractivity contribution < 1.29 is 14.3 Å². The molecule has 0 aliphatic rings. The van der Waals surface area contributed by atoms with E-state index in [4.69, 9.17) is 0 Å². The molecule has 0 heterocycles. The van der Waals surface area contributed by atoms with Crippen molar-refractivity contribution in [2.24, 2.45) is 10.3 Å². The van der Waals surface area contributed by atoms with Crippen LogP contribution in [0.5, 0.6) is 0 Å². The zero-order valence-corrected chi connectivity index (χ0v) is 10.2. The minimum atomic E-state index is -0.152. The Morgan fingerprint density at radius 3 is 3.00 bits per heavy atom. The third kappa shape index (κ3) is 5.06. The maximum absolute atomic E-state index is 10.9. The van der Waals surface area contributed by atoms with Gasteiger partial charge in [0.1, 0.15) is 0 Å². The Kier molecular flexibility index (Phi) is 5.30. The smallest absolute Gasteiger partial charge is 0.294 e. The van der Waals surface area contributed by atoms with Gasteiger partial charge in [-0.15, -0.1) is 5.11 Å². The molecule has 1 aromatic rings. The molecular formula is C11H14N4O3. The van der Waals surface area contributed by atoms with Crippen LogP contribution >= 0.6 is 0 Å². The number of amides is 1. The van der Waals surface area contributed by atoms with Crippen LogP contribution in [-0.2, 0) is 14.3 Å². The highest BCUT2D eigenvalue weighted by atomic mass is 16.5. The fourth-order valence-corrected chi connectivity index (χ4v) is 1.14. The first-order valence-corrected chi connectivity index (χ1v) is 5.17. The zero-order chi connectivity index (χ0) is 13.4. The summed E-state index contributed by atoms with van der Waals surface area (Å²) in [5.74, 6) is -0.152. The molecule has 0 aromatic heterocycles. The highest BCUT2D eigenvalue weighted by Crippen LogP contribution is 2.18. The lowest BCUT2D eigenvalue weighted by molar-refractivity contribution is -0.132.